The first kappa shape index (κ1) is 20.0. The lowest BCUT2D eigenvalue weighted by Crippen LogP contribution is -2.37. The zero-order chi connectivity index (χ0) is 19.3. The third-order valence-corrected chi connectivity index (χ3v) is 4.13. The lowest BCUT2D eigenvalue weighted by Gasteiger charge is -2.15. The van der Waals surface area contributed by atoms with Crippen LogP contribution in [0.4, 0.5) is 18.9 Å². The number of halogens is 4. The van der Waals surface area contributed by atoms with E-state index in [1.165, 1.54) is 6.07 Å². The molecule has 26 heavy (non-hydrogen) atoms. The third-order valence-electron chi connectivity index (χ3n) is 3.80. The summed E-state index contributed by atoms with van der Waals surface area (Å²) in [6.07, 6.45) is -2.86. The van der Waals surface area contributed by atoms with Crippen molar-refractivity contribution in [2.24, 2.45) is 0 Å². The predicted molar refractivity (Wildman–Crippen MR) is 88.5 cm³/mol. The van der Waals surface area contributed by atoms with Gasteiger partial charge in [0.15, 0.2) is 0 Å². The molecule has 0 atom stereocenters. The van der Waals surface area contributed by atoms with E-state index in [-0.39, 0.29) is 18.1 Å². The Bertz CT molecular complexity index is 710. The van der Waals surface area contributed by atoms with Crippen LogP contribution in [0.3, 0.4) is 0 Å². The molecule has 0 aromatic heterocycles. The molecule has 0 aliphatic carbocycles. The van der Waals surface area contributed by atoms with Crippen LogP contribution < -0.4 is 10.6 Å². The van der Waals surface area contributed by atoms with Gasteiger partial charge in [-0.15, -0.1) is 0 Å². The zero-order valence-electron chi connectivity index (χ0n) is 13.7. The summed E-state index contributed by atoms with van der Waals surface area (Å²) in [4.78, 5) is 36.6. The number of carbonyl (C=O) groups excluding carboxylic acids is 3. The molecule has 2 N–H and O–H groups in total. The number of likely N-dealkylation sites (tertiary alicyclic amines) is 1. The van der Waals surface area contributed by atoms with Crippen LogP contribution in [-0.4, -0.2) is 42.3 Å². The van der Waals surface area contributed by atoms with Crippen LogP contribution in [0, 0.1) is 0 Å². The Labute approximate surface area is 152 Å². The van der Waals surface area contributed by atoms with Crippen LogP contribution in [0.25, 0.3) is 0 Å². The van der Waals surface area contributed by atoms with Gasteiger partial charge in [-0.3, -0.25) is 14.4 Å². The first-order valence-corrected chi connectivity index (χ1v) is 8.30. The normalized spacial score (nSPS) is 14.5. The van der Waals surface area contributed by atoms with Gasteiger partial charge >= 0.3 is 18.0 Å². The van der Waals surface area contributed by atoms with Crippen LogP contribution in [0.2, 0.25) is 5.02 Å². The predicted octanol–water partition coefficient (Wildman–Crippen LogP) is 2.43. The summed E-state index contributed by atoms with van der Waals surface area (Å²) in [5, 5.41) is 3.95. The van der Waals surface area contributed by atoms with Crippen LogP contribution in [-0.2, 0) is 20.6 Å². The van der Waals surface area contributed by atoms with E-state index in [9.17, 15) is 27.6 Å². The van der Waals surface area contributed by atoms with Crippen LogP contribution in [0.5, 0.6) is 0 Å². The number of rotatable bonds is 5. The van der Waals surface area contributed by atoms with Crippen molar-refractivity contribution in [2.75, 3.05) is 25.0 Å². The molecule has 1 saturated heterocycles. The van der Waals surface area contributed by atoms with Gasteiger partial charge in [0.2, 0.25) is 5.91 Å². The number of carbonyl (C=O) groups is 3. The van der Waals surface area contributed by atoms with Crippen molar-refractivity contribution in [1.82, 2.24) is 10.2 Å². The second-order valence-electron chi connectivity index (χ2n) is 5.74. The summed E-state index contributed by atoms with van der Waals surface area (Å²) < 4.78 is 38.3. The summed E-state index contributed by atoms with van der Waals surface area (Å²) in [5.41, 5.74) is -1.29. The van der Waals surface area contributed by atoms with Gasteiger partial charge in [-0.05, 0) is 31.0 Å². The van der Waals surface area contributed by atoms with E-state index in [0.29, 0.717) is 32.0 Å². The number of benzene rings is 1. The molecule has 1 aromatic rings. The standard InChI is InChI=1S/C16H17ClF3N3O3/c17-12-5-4-10(9-11(12)16(18,19)20)22-15(26)14(25)21-6-2-8-23-7-1-3-13(23)24/h4-5,9H,1-3,6-8H2,(H,21,25)(H,22,26). The van der Waals surface area contributed by atoms with E-state index in [4.69, 9.17) is 11.6 Å². The number of nitrogens with zero attached hydrogens (tertiary/aromatic N) is 1. The highest BCUT2D eigenvalue weighted by molar-refractivity contribution is 6.39. The largest absolute Gasteiger partial charge is 0.417 e. The topological polar surface area (TPSA) is 78.5 Å². The second-order valence-corrected chi connectivity index (χ2v) is 6.15. The minimum Gasteiger partial charge on any atom is -0.348 e. The number of alkyl halides is 3. The first-order chi connectivity index (χ1) is 12.2. The molecular formula is C16H17ClF3N3O3. The average molecular weight is 392 g/mol. The third kappa shape index (κ3) is 5.35. The molecular weight excluding hydrogens is 375 g/mol. The molecule has 1 aromatic carbocycles. The molecule has 0 bridgehead atoms. The Morgan fingerprint density at radius 1 is 1.23 bits per heavy atom. The van der Waals surface area contributed by atoms with E-state index in [1.807, 2.05) is 0 Å². The van der Waals surface area contributed by atoms with Crippen molar-refractivity contribution >= 4 is 35.0 Å². The molecule has 3 amide bonds. The first-order valence-electron chi connectivity index (χ1n) is 7.92. The maximum Gasteiger partial charge on any atom is 0.417 e. The van der Waals surface area contributed by atoms with Crippen molar-refractivity contribution < 1.29 is 27.6 Å². The maximum absolute atomic E-state index is 12.8. The fourth-order valence-corrected chi connectivity index (χ4v) is 2.73. The molecule has 0 saturated carbocycles. The van der Waals surface area contributed by atoms with E-state index in [0.717, 1.165) is 12.5 Å². The lowest BCUT2D eigenvalue weighted by molar-refractivity contribution is -0.137. The van der Waals surface area contributed by atoms with Crippen molar-refractivity contribution in [3.8, 4) is 0 Å². The Morgan fingerprint density at radius 2 is 1.96 bits per heavy atom. The SMILES string of the molecule is O=C(NCCCN1CCCC1=O)C(=O)Nc1ccc(Cl)c(C(F)(F)F)c1. The second kappa shape index (κ2) is 8.39. The van der Waals surface area contributed by atoms with Gasteiger partial charge in [-0.25, -0.2) is 0 Å². The maximum atomic E-state index is 12.8. The minimum atomic E-state index is -4.67. The smallest absolute Gasteiger partial charge is 0.348 e. The molecule has 2 rings (SSSR count). The van der Waals surface area contributed by atoms with Gasteiger partial charge in [0.1, 0.15) is 0 Å². The summed E-state index contributed by atoms with van der Waals surface area (Å²) >= 11 is 5.49. The van der Waals surface area contributed by atoms with Crippen molar-refractivity contribution in [1.29, 1.82) is 0 Å². The van der Waals surface area contributed by atoms with E-state index in [1.54, 1.807) is 4.90 Å². The molecule has 0 spiro atoms. The van der Waals surface area contributed by atoms with Crippen molar-refractivity contribution in [3.63, 3.8) is 0 Å². The molecule has 0 unspecified atom stereocenters. The summed E-state index contributed by atoms with van der Waals surface area (Å²) in [7, 11) is 0. The van der Waals surface area contributed by atoms with Crippen LogP contribution in [0.1, 0.15) is 24.8 Å². The summed E-state index contributed by atoms with van der Waals surface area (Å²) in [5.74, 6) is -1.99. The minimum absolute atomic E-state index is 0.0669. The highest BCUT2D eigenvalue weighted by Crippen LogP contribution is 2.36. The molecule has 6 nitrogen and oxygen atoms in total. The Hall–Kier alpha value is -2.29. The van der Waals surface area contributed by atoms with Crippen molar-refractivity contribution in [3.05, 3.63) is 28.8 Å². The number of anilines is 1. The fourth-order valence-electron chi connectivity index (χ4n) is 2.50. The Morgan fingerprint density at radius 3 is 2.58 bits per heavy atom. The number of amides is 3. The van der Waals surface area contributed by atoms with Gasteiger partial charge in [-0.2, -0.15) is 13.2 Å². The van der Waals surface area contributed by atoms with E-state index in [2.05, 4.69) is 10.6 Å². The van der Waals surface area contributed by atoms with Gasteiger partial charge in [0.05, 0.1) is 10.6 Å². The Kier molecular flexibility index (Phi) is 6.47. The van der Waals surface area contributed by atoms with Crippen LogP contribution >= 0.6 is 11.6 Å². The molecule has 10 heteroatoms. The molecule has 1 aliphatic heterocycles. The number of nitrogens with one attached hydrogen (secondary N) is 2. The zero-order valence-corrected chi connectivity index (χ0v) is 14.4. The molecule has 1 fully saturated rings. The molecule has 0 radical (unpaired) electrons. The molecule has 142 valence electrons. The van der Waals surface area contributed by atoms with Gasteiger partial charge in [-0.1, -0.05) is 11.6 Å². The monoisotopic (exact) mass is 391 g/mol. The van der Waals surface area contributed by atoms with Gasteiger partial charge in [0, 0.05) is 31.7 Å². The lowest BCUT2D eigenvalue weighted by atomic mass is 10.2. The molecule has 1 aliphatic rings. The Balaban J connectivity index is 1.81. The van der Waals surface area contributed by atoms with Gasteiger partial charge < -0.3 is 15.5 Å². The van der Waals surface area contributed by atoms with Crippen molar-refractivity contribution in [2.45, 2.75) is 25.4 Å². The van der Waals surface area contributed by atoms with Crippen LogP contribution in [0.15, 0.2) is 18.2 Å². The average Bonchev–Trinajstić information content (AvgIpc) is 2.97. The fraction of sp³-hybridized carbons (Fsp3) is 0.438. The highest BCUT2D eigenvalue weighted by Gasteiger charge is 2.33. The number of hydrogen-bond donors (Lipinski definition) is 2. The summed E-state index contributed by atoms with van der Waals surface area (Å²) in [6, 6.07) is 2.82. The number of hydrogen-bond acceptors (Lipinski definition) is 3. The quantitative estimate of drug-likeness (QED) is 0.597. The van der Waals surface area contributed by atoms with E-state index >= 15 is 0 Å². The highest BCUT2D eigenvalue weighted by atomic mass is 35.5. The summed E-state index contributed by atoms with van der Waals surface area (Å²) in [6.45, 7) is 1.34. The van der Waals surface area contributed by atoms with Gasteiger partial charge in [0.25, 0.3) is 0 Å². The molecule has 1 heterocycles. The van der Waals surface area contributed by atoms with E-state index < -0.39 is 28.6 Å².